The van der Waals surface area contributed by atoms with Gasteiger partial charge in [-0.25, -0.2) is 0 Å². The minimum Gasteiger partial charge on any atom is -0.330 e. The van der Waals surface area contributed by atoms with Crippen LogP contribution in [-0.2, 0) is 6.42 Å². The van der Waals surface area contributed by atoms with Gasteiger partial charge >= 0.3 is 0 Å². The molecule has 0 atom stereocenters. The molecule has 0 aliphatic heterocycles. The Morgan fingerprint density at radius 2 is 2.08 bits per heavy atom. The fourth-order valence-corrected chi connectivity index (χ4v) is 1.17. The maximum Gasteiger partial charge on any atom is 0.150 e. The molecule has 2 heteroatoms. The van der Waals surface area contributed by atoms with Gasteiger partial charge in [0.25, 0.3) is 0 Å². The van der Waals surface area contributed by atoms with Crippen LogP contribution in [0.5, 0.6) is 0 Å². The van der Waals surface area contributed by atoms with Crippen molar-refractivity contribution in [2.24, 2.45) is 5.73 Å². The molecule has 0 bridgehead atoms. The van der Waals surface area contributed by atoms with Gasteiger partial charge in [0.05, 0.1) is 0 Å². The minimum absolute atomic E-state index is 0.674. The molecule has 12 heavy (non-hydrogen) atoms. The summed E-state index contributed by atoms with van der Waals surface area (Å²) < 4.78 is 0. The van der Waals surface area contributed by atoms with Gasteiger partial charge in [0, 0.05) is 5.56 Å². The Morgan fingerprint density at radius 1 is 1.33 bits per heavy atom. The second-order valence-corrected chi connectivity index (χ2v) is 2.71. The summed E-state index contributed by atoms with van der Waals surface area (Å²) in [4.78, 5) is 10.6. The lowest BCUT2D eigenvalue weighted by atomic mass is 10.0. The third-order valence-corrected chi connectivity index (χ3v) is 1.83. The molecule has 0 aliphatic carbocycles. The van der Waals surface area contributed by atoms with Gasteiger partial charge in [0.15, 0.2) is 0 Å². The van der Waals surface area contributed by atoms with E-state index in [9.17, 15) is 4.79 Å². The third-order valence-electron chi connectivity index (χ3n) is 1.83. The highest BCUT2D eigenvalue weighted by Gasteiger charge is 1.98. The molecular formula is C10H13NO. The molecule has 0 aromatic heterocycles. The van der Waals surface area contributed by atoms with Crippen molar-refractivity contribution in [3.05, 3.63) is 35.4 Å². The lowest BCUT2D eigenvalue weighted by Crippen LogP contribution is -2.01. The van der Waals surface area contributed by atoms with Crippen LogP contribution in [0.2, 0.25) is 0 Å². The Bertz CT molecular complexity index is 258. The lowest BCUT2D eigenvalue weighted by molar-refractivity contribution is 0.112. The summed E-state index contributed by atoms with van der Waals surface area (Å²) in [5.74, 6) is 0. The summed E-state index contributed by atoms with van der Waals surface area (Å²) in [6.45, 7) is 0.674. The van der Waals surface area contributed by atoms with Crippen LogP contribution in [0.3, 0.4) is 0 Å². The summed E-state index contributed by atoms with van der Waals surface area (Å²) >= 11 is 0. The molecule has 0 saturated heterocycles. The highest BCUT2D eigenvalue weighted by Crippen LogP contribution is 2.07. The highest BCUT2D eigenvalue weighted by atomic mass is 16.1. The number of nitrogens with two attached hydrogens (primary N) is 1. The predicted octanol–water partition coefficient (Wildman–Crippen LogP) is 1.39. The van der Waals surface area contributed by atoms with Gasteiger partial charge in [-0.2, -0.15) is 0 Å². The lowest BCUT2D eigenvalue weighted by Gasteiger charge is -2.01. The van der Waals surface area contributed by atoms with Crippen LogP contribution >= 0.6 is 0 Å². The summed E-state index contributed by atoms with van der Waals surface area (Å²) in [6, 6.07) is 7.62. The van der Waals surface area contributed by atoms with Gasteiger partial charge in [0.2, 0.25) is 0 Å². The molecule has 0 heterocycles. The Hall–Kier alpha value is -1.15. The van der Waals surface area contributed by atoms with Crippen molar-refractivity contribution in [2.75, 3.05) is 6.54 Å². The maximum absolute atomic E-state index is 10.6. The van der Waals surface area contributed by atoms with Crippen molar-refractivity contribution in [3.8, 4) is 0 Å². The van der Waals surface area contributed by atoms with Gasteiger partial charge < -0.3 is 5.73 Å². The predicted molar refractivity (Wildman–Crippen MR) is 49.2 cm³/mol. The first-order valence-electron chi connectivity index (χ1n) is 4.11. The van der Waals surface area contributed by atoms with Crippen LogP contribution in [-0.4, -0.2) is 12.8 Å². The second-order valence-electron chi connectivity index (χ2n) is 2.71. The molecule has 2 N–H and O–H groups in total. The topological polar surface area (TPSA) is 43.1 Å². The standard InChI is InChI=1S/C10H13NO/c11-7-3-6-9-4-1-2-5-10(9)8-12/h1-2,4-5,8H,3,6-7,11H2. The molecule has 0 spiro atoms. The zero-order chi connectivity index (χ0) is 8.81. The van der Waals surface area contributed by atoms with Crippen molar-refractivity contribution in [2.45, 2.75) is 12.8 Å². The fourth-order valence-electron chi connectivity index (χ4n) is 1.17. The van der Waals surface area contributed by atoms with Crippen molar-refractivity contribution < 1.29 is 4.79 Å². The monoisotopic (exact) mass is 163 g/mol. The summed E-state index contributed by atoms with van der Waals surface area (Å²) in [7, 11) is 0. The van der Waals surface area contributed by atoms with E-state index in [4.69, 9.17) is 5.73 Å². The van der Waals surface area contributed by atoms with E-state index in [2.05, 4.69) is 0 Å². The number of carbonyl (C=O) groups excluding carboxylic acids is 1. The normalized spacial score (nSPS) is 9.75. The van der Waals surface area contributed by atoms with E-state index in [-0.39, 0.29) is 0 Å². The van der Waals surface area contributed by atoms with E-state index >= 15 is 0 Å². The number of hydrogen-bond donors (Lipinski definition) is 1. The first-order valence-corrected chi connectivity index (χ1v) is 4.11. The van der Waals surface area contributed by atoms with Crippen LogP contribution < -0.4 is 5.73 Å². The van der Waals surface area contributed by atoms with Crippen LogP contribution in [0.4, 0.5) is 0 Å². The molecule has 64 valence electrons. The molecule has 0 saturated carbocycles. The molecular weight excluding hydrogens is 150 g/mol. The van der Waals surface area contributed by atoms with Gasteiger partial charge in [-0.15, -0.1) is 0 Å². The van der Waals surface area contributed by atoms with Crippen molar-refractivity contribution >= 4 is 6.29 Å². The molecule has 0 aliphatic rings. The van der Waals surface area contributed by atoms with Crippen molar-refractivity contribution in [1.82, 2.24) is 0 Å². The number of carbonyl (C=O) groups is 1. The summed E-state index contributed by atoms with van der Waals surface area (Å²) in [6.07, 6.45) is 2.72. The molecule has 0 fully saturated rings. The van der Waals surface area contributed by atoms with Crippen molar-refractivity contribution in [1.29, 1.82) is 0 Å². The van der Waals surface area contributed by atoms with E-state index in [1.807, 2.05) is 24.3 Å². The van der Waals surface area contributed by atoms with Crippen LogP contribution in [0.1, 0.15) is 22.3 Å². The van der Waals surface area contributed by atoms with E-state index in [1.54, 1.807) is 0 Å². The molecule has 1 rings (SSSR count). The second kappa shape index (κ2) is 4.67. The molecule has 1 aromatic carbocycles. The molecule has 0 unspecified atom stereocenters. The highest BCUT2D eigenvalue weighted by molar-refractivity contribution is 5.77. The quantitative estimate of drug-likeness (QED) is 0.681. The van der Waals surface area contributed by atoms with Gasteiger partial charge in [-0.05, 0) is 24.9 Å². The Kier molecular flexibility index (Phi) is 3.48. The number of aryl methyl sites for hydroxylation is 1. The van der Waals surface area contributed by atoms with E-state index in [1.165, 1.54) is 0 Å². The zero-order valence-corrected chi connectivity index (χ0v) is 6.99. The summed E-state index contributed by atoms with van der Waals surface area (Å²) in [5.41, 5.74) is 7.26. The van der Waals surface area contributed by atoms with Crippen LogP contribution in [0, 0.1) is 0 Å². The smallest absolute Gasteiger partial charge is 0.150 e. The van der Waals surface area contributed by atoms with Crippen LogP contribution in [0.25, 0.3) is 0 Å². The Morgan fingerprint density at radius 3 is 2.75 bits per heavy atom. The molecule has 2 nitrogen and oxygen atoms in total. The Labute approximate surface area is 72.4 Å². The van der Waals surface area contributed by atoms with Gasteiger partial charge in [0.1, 0.15) is 6.29 Å². The third kappa shape index (κ3) is 2.17. The maximum atomic E-state index is 10.6. The zero-order valence-electron chi connectivity index (χ0n) is 6.99. The van der Waals surface area contributed by atoms with Crippen LogP contribution in [0.15, 0.2) is 24.3 Å². The first kappa shape index (κ1) is 8.94. The van der Waals surface area contributed by atoms with Gasteiger partial charge in [-0.3, -0.25) is 4.79 Å². The van der Waals surface area contributed by atoms with E-state index in [0.717, 1.165) is 30.3 Å². The SMILES string of the molecule is NCCCc1ccccc1C=O. The number of aldehydes is 1. The molecule has 1 aromatic rings. The number of rotatable bonds is 4. The van der Waals surface area contributed by atoms with E-state index < -0.39 is 0 Å². The molecule has 0 radical (unpaired) electrons. The molecule has 0 amide bonds. The average molecular weight is 163 g/mol. The average Bonchev–Trinajstić information content (AvgIpc) is 2.15. The largest absolute Gasteiger partial charge is 0.330 e. The fraction of sp³-hybridized carbons (Fsp3) is 0.300. The summed E-state index contributed by atoms with van der Waals surface area (Å²) in [5, 5.41) is 0. The van der Waals surface area contributed by atoms with Gasteiger partial charge in [-0.1, -0.05) is 24.3 Å². The first-order chi connectivity index (χ1) is 5.88. The Balaban J connectivity index is 2.75. The number of benzene rings is 1. The minimum atomic E-state index is 0.674. The van der Waals surface area contributed by atoms with E-state index in [0.29, 0.717) is 6.54 Å². The van der Waals surface area contributed by atoms with Crippen molar-refractivity contribution in [3.63, 3.8) is 0 Å². The number of hydrogen-bond acceptors (Lipinski definition) is 2.